The zero-order valence-electron chi connectivity index (χ0n) is 11.8. The van der Waals surface area contributed by atoms with Gasteiger partial charge < -0.3 is 0 Å². The lowest BCUT2D eigenvalue weighted by molar-refractivity contribution is 0.663. The molecular weight excluding hydrogens is 292 g/mol. The second-order valence-corrected chi connectivity index (χ2v) is 5.20. The molecule has 3 heterocycles. The number of hydrogen-bond acceptors (Lipinski definition) is 5. The van der Waals surface area contributed by atoms with Crippen molar-refractivity contribution in [3.8, 4) is 0 Å². The molecule has 0 amide bonds. The van der Waals surface area contributed by atoms with E-state index in [4.69, 9.17) is 11.6 Å². The molecule has 0 saturated carbocycles. The summed E-state index contributed by atoms with van der Waals surface area (Å²) in [5.74, 6) is 0.451. The maximum absolute atomic E-state index is 12.0. The first-order valence-corrected chi connectivity index (χ1v) is 6.72. The molecule has 3 aromatic rings. The molecule has 0 aliphatic carbocycles. The monoisotopic (exact) mass is 304 g/mol. The van der Waals surface area contributed by atoms with Gasteiger partial charge in [-0.2, -0.15) is 10.1 Å². The molecule has 0 aliphatic heterocycles. The van der Waals surface area contributed by atoms with E-state index < -0.39 is 0 Å². The Morgan fingerprint density at radius 3 is 2.71 bits per heavy atom. The minimum absolute atomic E-state index is 0.221. The fraction of sp³-hybridized carbons (Fsp3) is 0.308. The summed E-state index contributed by atoms with van der Waals surface area (Å²) in [4.78, 5) is 24.5. The van der Waals surface area contributed by atoms with Gasteiger partial charge in [0.2, 0.25) is 0 Å². The van der Waals surface area contributed by atoms with E-state index in [0.29, 0.717) is 27.7 Å². The average molecular weight is 305 g/mol. The van der Waals surface area contributed by atoms with Crippen molar-refractivity contribution in [3.63, 3.8) is 0 Å². The van der Waals surface area contributed by atoms with Crippen LogP contribution in [-0.2, 0) is 13.6 Å². The van der Waals surface area contributed by atoms with Gasteiger partial charge in [-0.15, -0.1) is 0 Å². The van der Waals surface area contributed by atoms with Gasteiger partial charge in [-0.25, -0.2) is 14.8 Å². The molecule has 3 aromatic heterocycles. The highest BCUT2D eigenvalue weighted by molar-refractivity contribution is 6.33. The predicted molar refractivity (Wildman–Crippen MR) is 78.4 cm³/mol. The van der Waals surface area contributed by atoms with E-state index in [9.17, 15) is 4.79 Å². The van der Waals surface area contributed by atoms with Gasteiger partial charge in [-0.05, 0) is 19.9 Å². The molecule has 21 heavy (non-hydrogen) atoms. The van der Waals surface area contributed by atoms with Crippen LogP contribution in [-0.4, -0.2) is 29.3 Å². The Labute approximate surface area is 125 Å². The van der Waals surface area contributed by atoms with Crippen molar-refractivity contribution < 1.29 is 0 Å². The van der Waals surface area contributed by atoms with Crippen LogP contribution in [0.15, 0.2) is 17.1 Å². The van der Waals surface area contributed by atoms with Gasteiger partial charge in [0.05, 0.1) is 18.1 Å². The van der Waals surface area contributed by atoms with Crippen LogP contribution in [0.5, 0.6) is 0 Å². The van der Waals surface area contributed by atoms with Crippen LogP contribution < -0.4 is 5.69 Å². The van der Waals surface area contributed by atoms with Crippen LogP contribution in [0.25, 0.3) is 11.0 Å². The fourth-order valence-corrected chi connectivity index (χ4v) is 2.44. The standard InChI is InChI=1S/C13H13ClN6O/c1-7-4-8(2)20(13(21)16-7)6-10-17-11(14)9-5-15-19(3)12(9)18-10/h4-5H,6H2,1-3H3. The van der Waals surface area contributed by atoms with E-state index in [1.165, 1.54) is 4.57 Å². The van der Waals surface area contributed by atoms with Crippen molar-refractivity contribution in [2.45, 2.75) is 20.4 Å². The molecule has 0 aromatic carbocycles. The summed E-state index contributed by atoms with van der Waals surface area (Å²) in [6.07, 6.45) is 1.62. The Bertz CT molecular complexity index is 898. The zero-order chi connectivity index (χ0) is 15.1. The Balaban J connectivity index is 2.10. The number of aromatic nitrogens is 6. The topological polar surface area (TPSA) is 78.5 Å². The average Bonchev–Trinajstić information content (AvgIpc) is 2.76. The Hall–Kier alpha value is -2.28. The van der Waals surface area contributed by atoms with Crippen LogP contribution in [0, 0.1) is 13.8 Å². The van der Waals surface area contributed by atoms with Crippen LogP contribution >= 0.6 is 11.6 Å². The molecule has 0 radical (unpaired) electrons. The number of aryl methyl sites for hydroxylation is 3. The first-order valence-electron chi connectivity index (χ1n) is 6.35. The molecule has 108 valence electrons. The molecule has 0 saturated heterocycles. The van der Waals surface area contributed by atoms with E-state index in [1.807, 2.05) is 13.0 Å². The van der Waals surface area contributed by atoms with Crippen LogP contribution in [0.3, 0.4) is 0 Å². The quantitative estimate of drug-likeness (QED) is 0.666. The Morgan fingerprint density at radius 1 is 1.24 bits per heavy atom. The van der Waals surface area contributed by atoms with E-state index >= 15 is 0 Å². The third-order valence-corrected chi connectivity index (χ3v) is 3.53. The summed E-state index contributed by atoms with van der Waals surface area (Å²) in [5.41, 5.74) is 1.81. The maximum Gasteiger partial charge on any atom is 0.348 e. The van der Waals surface area contributed by atoms with Gasteiger partial charge in [-0.1, -0.05) is 11.6 Å². The Morgan fingerprint density at radius 2 is 2.00 bits per heavy atom. The first kappa shape index (κ1) is 13.7. The lowest BCUT2D eigenvalue weighted by Gasteiger charge is -2.09. The van der Waals surface area contributed by atoms with Gasteiger partial charge in [0.1, 0.15) is 5.15 Å². The van der Waals surface area contributed by atoms with Gasteiger partial charge in [0.25, 0.3) is 0 Å². The Kier molecular flexibility index (Phi) is 3.21. The smallest absolute Gasteiger partial charge is 0.289 e. The molecule has 0 bridgehead atoms. The third-order valence-electron chi connectivity index (χ3n) is 3.24. The summed E-state index contributed by atoms with van der Waals surface area (Å²) in [5, 5.41) is 5.12. The number of hydrogen-bond donors (Lipinski definition) is 0. The van der Waals surface area contributed by atoms with E-state index in [0.717, 1.165) is 5.69 Å². The predicted octanol–water partition coefficient (Wildman–Crippen LogP) is 1.24. The first-order chi connectivity index (χ1) is 9.95. The van der Waals surface area contributed by atoms with Crippen molar-refractivity contribution >= 4 is 22.6 Å². The number of nitrogens with zero attached hydrogens (tertiary/aromatic N) is 6. The summed E-state index contributed by atoms with van der Waals surface area (Å²) in [7, 11) is 1.78. The second-order valence-electron chi connectivity index (χ2n) is 4.84. The molecule has 0 fully saturated rings. The van der Waals surface area contributed by atoms with E-state index in [-0.39, 0.29) is 12.2 Å². The molecule has 0 unspecified atom stereocenters. The molecule has 0 spiro atoms. The van der Waals surface area contributed by atoms with Crippen molar-refractivity contribution in [2.75, 3.05) is 0 Å². The van der Waals surface area contributed by atoms with Crippen molar-refractivity contribution in [2.24, 2.45) is 7.05 Å². The van der Waals surface area contributed by atoms with Crippen LogP contribution in [0.2, 0.25) is 5.15 Å². The molecule has 0 aliphatic rings. The van der Waals surface area contributed by atoms with E-state index in [1.54, 1.807) is 24.9 Å². The largest absolute Gasteiger partial charge is 0.348 e. The zero-order valence-corrected chi connectivity index (χ0v) is 12.6. The molecule has 0 atom stereocenters. The summed E-state index contributed by atoms with van der Waals surface area (Å²) in [6, 6.07) is 1.84. The third kappa shape index (κ3) is 2.40. The van der Waals surface area contributed by atoms with Crippen molar-refractivity contribution in [3.05, 3.63) is 45.1 Å². The highest BCUT2D eigenvalue weighted by Crippen LogP contribution is 2.19. The number of halogens is 1. The molecule has 8 heteroatoms. The van der Waals surface area contributed by atoms with Gasteiger partial charge in [0.15, 0.2) is 11.5 Å². The molecule has 3 rings (SSSR count). The minimum Gasteiger partial charge on any atom is -0.289 e. The summed E-state index contributed by atoms with van der Waals surface area (Å²) < 4.78 is 3.14. The molecular formula is C13H13ClN6O. The fourth-order valence-electron chi connectivity index (χ4n) is 2.21. The molecule has 0 N–H and O–H groups in total. The van der Waals surface area contributed by atoms with Gasteiger partial charge in [0, 0.05) is 18.4 Å². The molecule has 7 nitrogen and oxygen atoms in total. The van der Waals surface area contributed by atoms with Crippen molar-refractivity contribution in [1.82, 2.24) is 29.3 Å². The number of rotatable bonds is 2. The second kappa shape index (κ2) is 4.92. The van der Waals surface area contributed by atoms with Gasteiger partial charge >= 0.3 is 5.69 Å². The lowest BCUT2D eigenvalue weighted by Crippen LogP contribution is -2.26. The minimum atomic E-state index is -0.322. The maximum atomic E-state index is 12.0. The van der Waals surface area contributed by atoms with Gasteiger partial charge in [-0.3, -0.25) is 9.25 Å². The van der Waals surface area contributed by atoms with Crippen molar-refractivity contribution in [1.29, 1.82) is 0 Å². The summed E-state index contributed by atoms with van der Waals surface area (Å²) >= 11 is 6.14. The SMILES string of the molecule is Cc1cc(C)n(Cc2nc(Cl)c3cnn(C)c3n2)c(=O)n1. The highest BCUT2D eigenvalue weighted by atomic mass is 35.5. The van der Waals surface area contributed by atoms with E-state index in [2.05, 4.69) is 20.1 Å². The highest BCUT2D eigenvalue weighted by Gasteiger charge is 2.12. The summed E-state index contributed by atoms with van der Waals surface area (Å²) in [6.45, 7) is 3.85. The lowest BCUT2D eigenvalue weighted by atomic mass is 10.3. The van der Waals surface area contributed by atoms with Crippen LogP contribution in [0.4, 0.5) is 0 Å². The normalized spacial score (nSPS) is 11.2. The number of fused-ring (bicyclic) bond motifs is 1. The van der Waals surface area contributed by atoms with Crippen LogP contribution in [0.1, 0.15) is 17.2 Å².